The predicted molar refractivity (Wildman–Crippen MR) is 83.4 cm³/mol. The Morgan fingerprint density at radius 2 is 2.25 bits per heavy atom. The number of fused-ring (bicyclic) bond motifs is 1. The fourth-order valence-electron chi connectivity index (χ4n) is 3.04. The number of nitrogens with zero attached hydrogens (tertiary/aromatic N) is 1. The summed E-state index contributed by atoms with van der Waals surface area (Å²) in [6.45, 7) is 2.83. The van der Waals surface area contributed by atoms with Gasteiger partial charge in [0.05, 0.1) is 6.61 Å². The van der Waals surface area contributed by atoms with E-state index in [4.69, 9.17) is 4.74 Å². The third-order valence-electron chi connectivity index (χ3n) is 3.96. The van der Waals surface area contributed by atoms with Crippen molar-refractivity contribution in [1.82, 2.24) is 4.98 Å². The zero-order valence-electron chi connectivity index (χ0n) is 12.0. The van der Waals surface area contributed by atoms with Crippen LogP contribution in [-0.2, 0) is 4.74 Å². The molecule has 0 aliphatic heterocycles. The van der Waals surface area contributed by atoms with E-state index in [2.05, 4.69) is 24.1 Å². The molecule has 20 heavy (non-hydrogen) atoms. The number of allylic oxidation sites excluding steroid dienone is 2. The van der Waals surface area contributed by atoms with Gasteiger partial charge >= 0.3 is 0 Å². The van der Waals surface area contributed by atoms with Gasteiger partial charge in [0.2, 0.25) is 0 Å². The Morgan fingerprint density at radius 1 is 1.30 bits per heavy atom. The van der Waals surface area contributed by atoms with E-state index in [0.717, 1.165) is 11.6 Å². The Hall–Kier alpha value is -1.22. The summed E-state index contributed by atoms with van der Waals surface area (Å²) in [5, 5.41) is 1.08. The first-order valence-corrected chi connectivity index (χ1v) is 8.36. The molecule has 0 spiro atoms. The normalized spacial score (nSPS) is 22.2. The van der Waals surface area contributed by atoms with Crippen molar-refractivity contribution < 1.29 is 4.74 Å². The van der Waals surface area contributed by atoms with Crippen molar-refractivity contribution in [1.29, 1.82) is 0 Å². The highest BCUT2D eigenvalue weighted by atomic mass is 32.2. The van der Waals surface area contributed by atoms with Crippen LogP contribution in [-0.4, -0.2) is 11.6 Å². The summed E-state index contributed by atoms with van der Waals surface area (Å²) in [6.07, 6.45) is 10.6. The zero-order chi connectivity index (χ0) is 13.8. The quantitative estimate of drug-likeness (QED) is 0.783. The SMILES string of the molecule is CCOC1=CC(Sc2ccccn2)=C2CCCCCC12. The van der Waals surface area contributed by atoms with Gasteiger partial charge in [0, 0.05) is 17.0 Å². The van der Waals surface area contributed by atoms with Crippen molar-refractivity contribution in [2.24, 2.45) is 5.92 Å². The van der Waals surface area contributed by atoms with Crippen LogP contribution in [0.15, 0.2) is 51.7 Å². The van der Waals surface area contributed by atoms with Crippen LogP contribution in [0.1, 0.15) is 39.0 Å². The molecule has 1 aromatic heterocycles. The van der Waals surface area contributed by atoms with Crippen LogP contribution >= 0.6 is 11.8 Å². The molecule has 0 bridgehead atoms. The lowest BCUT2D eigenvalue weighted by Gasteiger charge is -2.16. The maximum atomic E-state index is 5.88. The third-order valence-corrected chi connectivity index (χ3v) is 5.01. The predicted octanol–water partition coefficient (Wildman–Crippen LogP) is 4.94. The molecule has 0 amide bonds. The first kappa shape index (κ1) is 13.7. The minimum Gasteiger partial charge on any atom is -0.498 e. The van der Waals surface area contributed by atoms with Crippen LogP contribution in [0, 0.1) is 5.92 Å². The molecule has 0 N–H and O–H groups in total. The Kier molecular flexibility index (Phi) is 4.46. The molecule has 1 atom stereocenters. The molecular formula is C17H21NOS. The van der Waals surface area contributed by atoms with Crippen LogP contribution < -0.4 is 0 Å². The fraction of sp³-hybridized carbons (Fsp3) is 0.471. The van der Waals surface area contributed by atoms with E-state index < -0.39 is 0 Å². The van der Waals surface area contributed by atoms with Gasteiger partial charge in [-0.05, 0) is 50.0 Å². The fourth-order valence-corrected chi connectivity index (χ4v) is 4.08. The Morgan fingerprint density at radius 3 is 3.05 bits per heavy atom. The zero-order valence-corrected chi connectivity index (χ0v) is 12.8. The van der Waals surface area contributed by atoms with E-state index in [1.807, 2.05) is 18.3 Å². The summed E-state index contributed by atoms with van der Waals surface area (Å²) < 4.78 is 5.88. The lowest BCUT2D eigenvalue weighted by molar-refractivity contribution is 0.199. The largest absolute Gasteiger partial charge is 0.498 e. The summed E-state index contributed by atoms with van der Waals surface area (Å²) in [6, 6.07) is 6.09. The van der Waals surface area contributed by atoms with E-state index >= 15 is 0 Å². The summed E-state index contributed by atoms with van der Waals surface area (Å²) in [5.41, 5.74) is 1.58. The molecule has 3 heteroatoms. The van der Waals surface area contributed by atoms with Crippen LogP contribution in [0.5, 0.6) is 0 Å². The van der Waals surface area contributed by atoms with Gasteiger partial charge < -0.3 is 4.74 Å². The standard InChI is InChI=1S/C17H21NOS/c1-2-19-15-12-16(20-17-10-6-7-11-18-17)14-9-5-3-4-8-13(14)15/h6-7,10-13H,2-5,8-9H2,1H3. The number of ether oxygens (including phenoxy) is 1. The molecule has 1 aromatic rings. The van der Waals surface area contributed by atoms with Crippen molar-refractivity contribution in [2.45, 2.75) is 44.1 Å². The van der Waals surface area contributed by atoms with Crippen LogP contribution in [0.3, 0.4) is 0 Å². The van der Waals surface area contributed by atoms with Gasteiger partial charge in [-0.3, -0.25) is 0 Å². The molecule has 0 radical (unpaired) electrons. The monoisotopic (exact) mass is 287 g/mol. The minimum absolute atomic E-state index is 0.531. The molecule has 2 nitrogen and oxygen atoms in total. The van der Waals surface area contributed by atoms with E-state index in [1.165, 1.54) is 42.8 Å². The average molecular weight is 287 g/mol. The van der Waals surface area contributed by atoms with Crippen molar-refractivity contribution in [3.05, 3.63) is 46.7 Å². The van der Waals surface area contributed by atoms with Crippen LogP contribution in [0.4, 0.5) is 0 Å². The molecule has 106 valence electrons. The molecule has 1 heterocycles. The van der Waals surface area contributed by atoms with Crippen molar-refractivity contribution in [3.8, 4) is 0 Å². The maximum absolute atomic E-state index is 5.88. The van der Waals surface area contributed by atoms with Gasteiger partial charge in [0.1, 0.15) is 10.8 Å². The summed E-state index contributed by atoms with van der Waals surface area (Å²) in [7, 11) is 0. The summed E-state index contributed by atoms with van der Waals surface area (Å²) in [4.78, 5) is 5.81. The molecule has 2 aliphatic carbocycles. The topological polar surface area (TPSA) is 22.1 Å². The number of hydrogen-bond donors (Lipinski definition) is 0. The first-order valence-electron chi connectivity index (χ1n) is 7.55. The lowest BCUT2D eigenvalue weighted by atomic mass is 9.96. The molecular weight excluding hydrogens is 266 g/mol. The van der Waals surface area contributed by atoms with Gasteiger partial charge in [-0.1, -0.05) is 30.7 Å². The second-order valence-electron chi connectivity index (χ2n) is 5.29. The highest BCUT2D eigenvalue weighted by Gasteiger charge is 2.30. The molecule has 0 saturated heterocycles. The van der Waals surface area contributed by atoms with Crippen molar-refractivity contribution in [3.63, 3.8) is 0 Å². The second-order valence-corrected chi connectivity index (χ2v) is 6.35. The third kappa shape index (κ3) is 2.93. The van der Waals surface area contributed by atoms with Crippen molar-refractivity contribution >= 4 is 11.8 Å². The second kappa shape index (κ2) is 6.49. The molecule has 3 rings (SSSR count). The van der Waals surface area contributed by atoms with Gasteiger partial charge in [0.25, 0.3) is 0 Å². The number of hydrogen-bond acceptors (Lipinski definition) is 3. The summed E-state index contributed by atoms with van der Waals surface area (Å²) >= 11 is 1.79. The number of thioether (sulfide) groups is 1. The number of rotatable bonds is 4. The maximum Gasteiger partial charge on any atom is 0.104 e. The Bertz CT molecular complexity index is 521. The highest BCUT2D eigenvalue weighted by Crippen LogP contribution is 2.46. The Balaban J connectivity index is 1.86. The van der Waals surface area contributed by atoms with Gasteiger partial charge in [-0.25, -0.2) is 4.98 Å². The molecule has 2 aliphatic rings. The Labute approximate surface area is 125 Å². The first-order chi connectivity index (χ1) is 9.88. The highest BCUT2D eigenvalue weighted by molar-refractivity contribution is 8.03. The van der Waals surface area contributed by atoms with E-state index in [0.29, 0.717) is 5.92 Å². The number of aromatic nitrogens is 1. The van der Waals surface area contributed by atoms with Crippen LogP contribution in [0.2, 0.25) is 0 Å². The van der Waals surface area contributed by atoms with Crippen molar-refractivity contribution in [2.75, 3.05) is 6.61 Å². The smallest absolute Gasteiger partial charge is 0.104 e. The molecule has 1 unspecified atom stereocenters. The average Bonchev–Trinajstić information content (AvgIpc) is 2.67. The van der Waals surface area contributed by atoms with Gasteiger partial charge in [-0.2, -0.15) is 0 Å². The molecule has 1 fully saturated rings. The minimum atomic E-state index is 0.531. The van der Waals surface area contributed by atoms with E-state index in [9.17, 15) is 0 Å². The molecule has 0 aromatic carbocycles. The lowest BCUT2D eigenvalue weighted by Crippen LogP contribution is -2.05. The van der Waals surface area contributed by atoms with E-state index in [-0.39, 0.29) is 0 Å². The molecule has 1 saturated carbocycles. The number of pyridine rings is 1. The van der Waals surface area contributed by atoms with E-state index in [1.54, 1.807) is 17.3 Å². The van der Waals surface area contributed by atoms with Gasteiger partial charge in [-0.15, -0.1) is 0 Å². The van der Waals surface area contributed by atoms with Gasteiger partial charge in [0.15, 0.2) is 0 Å². The summed E-state index contributed by atoms with van der Waals surface area (Å²) in [5.74, 6) is 1.71. The van der Waals surface area contributed by atoms with Crippen LogP contribution in [0.25, 0.3) is 0 Å².